The van der Waals surface area contributed by atoms with Gasteiger partial charge >= 0.3 is 0 Å². The Labute approximate surface area is 119 Å². The average Bonchev–Trinajstić information content (AvgIpc) is 2.98. The molecule has 1 saturated heterocycles. The molecule has 1 aliphatic rings. The van der Waals surface area contributed by atoms with Crippen LogP contribution in [0.3, 0.4) is 0 Å². The van der Waals surface area contributed by atoms with Gasteiger partial charge in [-0.2, -0.15) is 5.10 Å². The number of benzene rings is 1. The monoisotopic (exact) mass is 271 g/mol. The Morgan fingerprint density at radius 3 is 2.90 bits per heavy atom. The largest absolute Gasteiger partial charge is 0.381 e. The van der Waals surface area contributed by atoms with Crippen LogP contribution in [0.4, 0.5) is 0 Å². The number of nitrogens with two attached hydrogens (primary N) is 1. The van der Waals surface area contributed by atoms with E-state index in [0.717, 1.165) is 26.1 Å². The van der Waals surface area contributed by atoms with Crippen LogP contribution in [-0.4, -0.2) is 23.0 Å². The Hall–Kier alpha value is -1.65. The zero-order valence-corrected chi connectivity index (χ0v) is 11.9. The molecule has 3 rings (SSSR count). The lowest BCUT2D eigenvalue weighted by molar-refractivity contribution is 0.0662. The fourth-order valence-electron chi connectivity index (χ4n) is 2.84. The van der Waals surface area contributed by atoms with Gasteiger partial charge in [0.1, 0.15) is 0 Å². The summed E-state index contributed by atoms with van der Waals surface area (Å²) >= 11 is 0. The first-order valence-corrected chi connectivity index (χ1v) is 7.20. The third-order valence-electron chi connectivity index (χ3n) is 4.14. The van der Waals surface area contributed by atoms with Gasteiger partial charge in [-0.3, -0.25) is 4.68 Å². The van der Waals surface area contributed by atoms with Gasteiger partial charge in [0, 0.05) is 31.5 Å². The smallest absolute Gasteiger partial charge is 0.0568 e. The molecule has 4 heteroatoms. The van der Waals surface area contributed by atoms with E-state index in [0.29, 0.717) is 12.6 Å². The van der Waals surface area contributed by atoms with Gasteiger partial charge in [0.05, 0.1) is 12.2 Å². The van der Waals surface area contributed by atoms with E-state index in [1.807, 2.05) is 6.20 Å². The van der Waals surface area contributed by atoms with Crippen molar-refractivity contribution in [2.75, 3.05) is 13.2 Å². The summed E-state index contributed by atoms with van der Waals surface area (Å²) in [5.74, 6) is 0. The standard InChI is InChI=1S/C16H21N3O/c1-12-13(9-17)3-2-4-16(12)14-10-18-19(11-14)15-5-7-20-8-6-15/h2-4,10-11,15H,5-9,17H2,1H3. The van der Waals surface area contributed by atoms with Crippen molar-refractivity contribution in [1.29, 1.82) is 0 Å². The lowest BCUT2D eigenvalue weighted by Crippen LogP contribution is -2.19. The Bertz CT molecular complexity index is 585. The summed E-state index contributed by atoms with van der Waals surface area (Å²) in [4.78, 5) is 0. The quantitative estimate of drug-likeness (QED) is 0.933. The molecule has 1 aromatic carbocycles. The lowest BCUT2D eigenvalue weighted by Gasteiger charge is -2.22. The minimum Gasteiger partial charge on any atom is -0.381 e. The summed E-state index contributed by atoms with van der Waals surface area (Å²) in [5.41, 5.74) is 10.6. The maximum atomic E-state index is 5.79. The molecule has 2 heterocycles. The first-order chi connectivity index (χ1) is 9.79. The lowest BCUT2D eigenvalue weighted by atomic mass is 9.98. The van der Waals surface area contributed by atoms with Crippen LogP contribution in [0.25, 0.3) is 11.1 Å². The van der Waals surface area contributed by atoms with Crippen LogP contribution >= 0.6 is 0 Å². The fourth-order valence-corrected chi connectivity index (χ4v) is 2.84. The second-order valence-electron chi connectivity index (χ2n) is 5.35. The van der Waals surface area contributed by atoms with Crippen LogP contribution in [0.5, 0.6) is 0 Å². The summed E-state index contributed by atoms with van der Waals surface area (Å²) in [6, 6.07) is 6.76. The summed E-state index contributed by atoms with van der Waals surface area (Å²) in [6.45, 7) is 4.38. The van der Waals surface area contributed by atoms with Gasteiger partial charge in [-0.1, -0.05) is 18.2 Å². The minimum absolute atomic E-state index is 0.468. The van der Waals surface area contributed by atoms with Gasteiger partial charge < -0.3 is 10.5 Å². The number of rotatable bonds is 3. The van der Waals surface area contributed by atoms with E-state index in [1.165, 1.54) is 22.3 Å². The SMILES string of the molecule is Cc1c(CN)cccc1-c1cnn(C2CCOCC2)c1. The Morgan fingerprint density at radius 1 is 1.35 bits per heavy atom. The molecule has 1 aliphatic heterocycles. The van der Waals surface area contributed by atoms with Gasteiger partial charge in [0.25, 0.3) is 0 Å². The Balaban J connectivity index is 1.90. The van der Waals surface area contributed by atoms with Gasteiger partial charge in [-0.25, -0.2) is 0 Å². The number of hydrogen-bond acceptors (Lipinski definition) is 3. The molecule has 2 aromatic rings. The highest BCUT2D eigenvalue weighted by Gasteiger charge is 2.17. The molecule has 0 atom stereocenters. The van der Waals surface area contributed by atoms with Crippen molar-refractivity contribution in [1.82, 2.24) is 9.78 Å². The zero-order valence-electron chi connectivity index (χ0n) is 11.9. The maximum absolute atomic E-state index is 5.79. The molecule has 0 bridgehead atoms. The third-order valence-corrected chi connectivity index (χ3v) is 4.14. The second-order valence-corrected chi connectivity index (χ2v) is 5.35. The van der Waals surface area contributed by atoms with E-state index in [4.69, 9.17) is 10.5 Å². The van der Waals surface area contributed by atoms with E-state index >= 15 is 0 Å². The summed E-state index contributed by atoms with van der Waals surface area (Å²) in [6.07, 6.45) is 6.20. The summed E-state index contributed by atoms with van der Waals surface area (Å²) < 4.78 is 7.50. The molecule has 0 radical (unpaired) electrons. The van der Waals surface area contributed by atoms with Gasteiger partial charge in [-0.05, 0) is 36.5 Å². The Kier molecular flexibility index (Phi) is 3.85. The first-order valence-electron chi connectivity index (χ1n) is 7.20. The number of hydrogen-bond donors (Lipinski definition) is 1. The van der Waals surface area contributed by atoms with Crippen LogP contribution in [0.15, 0.2) is 30.6 Å². The fraction of sp³-hybridized carbons (Fsp3) is 0.438. The molecular weight excluding hydrogens is 250 g/mol. The van der Waals surface area contributed by atoms with E-state index in [2.05, 4.69) is 41.1 Å². The molecule has 0 aliphatic carbocycles. The minimum atomic E-state index is 0.468. The van der Waals surface area contributed by atoms with Crippen LogP contribution in [0.1, 0.15) is 30.0 Å². The van der Waals surface area contributed by atoms with Crippen LogP contribution in [0.2, 0.25) is 0 Å². The van der Waals surface area contributed by atoms with Crippen LogP contribution < -0.4 is 5.73 Å². The van der Waals surface area contributed by atoms with Crippen molar-refractivity contribution >= 4 is 0 Å². The van der Waals surface area contributed by atoms with Crippen molar-refractivity contribution in [2.45, 2.75) is 32.4 Å². The maximum Gasteiger partial charge on any atom is 0.0568 e. The molecule has 0 saturated carbocycles. The second kappa shape index (κ2) is 5.77. The molecule has 2 N–H and O–H groups in total. The zero-order chi connectivity index (χ0) is 13.9. The number of ether oxygens (including phenoxy) is 1. The van der Waals surface area contributed by atoms with Gasteiger partial charge in [0.15, 0.2) is 0 Å². The molecular formula is C16H21N3O. The molecule has 1 fully saturated rings. The van der Waals surface area contributed by atoms with Crippen molar-refractivity contribution in [3.05, 3.63) is 41.7 Å². The van der Waals surface area contributed by atoms with E-state index in [-0.39, 0.29) is 0 Å². The first kappa shape index (κ1) is 13.3. The molecule has 4 nitrogen and oxygen atoms in total. The molecule has 1 aromatic heterocycles. The van der Waals surface area contributed by atoms with Gasteiger partial charge in [0.2, 0.25) is 0 Å². The average molecular weight is 271 g/mol. The van der Waals surface area contributed by atoms with E-state index < -0.39 is 0 Å². The van der Waals surface area contributed by atoms with Gasteiger partial charge in [-0.15, -0.1) is 0 Å². The highest BCUT2D eigenvalue weighted by atomic mass is 16.5. The van der Waals surface area contributed by atoms with Crippen molar-refractivity contribution < 1.29 is 4.74 Å². The topological polar surface area (TPSA) is 53.1 Å². The molecule has 0 amide bonds. The Morgan fingerprint density at radius 2 is 2.15 bits per heavy atom. The third kappa shape index (κ3) is 2.49. The predicted molar refractivity (Wildman–Crippen MR) is 79.4 cm³/mol. The molecule has 106 valence electrons. The highest BCUT2D eigenvalue weighted by Crippen LogP contribution is 2.27. The van der Waals surface area contributed by atoms with Crippen LogP contribution in [0, 0.1) is 6.92 Å². The molecule has 0 unspecified atom stereocenters. The summed E-state index contributed by atoms with van der Waals surface area (Å²) in [7, 11) is 0. The van der Waals surface area contributed by atoms with E-state index in [9.17, 15) is 0 Å². The van der Waals surface area contributed by atoms with E-state index in [1.54, 1.807) is 0 Å². The molecule has 20 heavy (non-hydrogen) atoms. The summed E-state index contributed by atoms with van der Waals surface area (Å²) in [5, 5.41) is 4.54. The van der Waals surface area contributed by atoms with Crippen molar-refractivity contribution in [3.8, 4) is 11.1 Å². The number of nitrogens with zero attached hydrogens (tertiary/aromatic N) is 2. The van der Waals surface area contributed by atoms with Crippen LogP contribution in [-0.2, 0) is 11.3 Å². The number of aromatic nitrogens is 2. The van der Waals surface area contributed by atoms with Crippen molar-refractivity contribution in [3.63, 3.8) is 0 Å². The predicted octanol–water partition coefficient (Wildman–Crippen LogP) is 2.67. The normalized spacial score (nSPS) is 16.5. The molecule has 0 spiro atoms. The highest BCUT2D eigenvalue weighted by molar-refractivity contribution is 5.67. The van der Waals surface area contributed by atoms with Crippen molar-refractivity contribution in [2.24, 2.45) is 5.73 Å².